The number of ether oxygens (including phenoxy) is 1. The van der Waals surface area contributed by atoms with Gasteiger partial charge in [-0.25, -0.2) is 8.42 Å². The van der Waals surface area contributed by atoms with Gasteiger partial charge in [0.15, 0.2) is 11.9 Å². The van der Waals surface area contributed by atoms with E-state index < -0.39 is 16.1 Å². The average Bonchev–Trinajstić information content (AvgIpc) is 2.78. The minimum atomic E-state index is -3.55. The molecule has 0 N–H and O–H groups in total. The van der Waals surface area contributed by atoms with E-state index in [1.807, 2.05) is 0 Å². The lowest BCUT2D eigenvalue weighted by Crippen LogP contribution is -2.53. The Morgan fingerprint density at radius 2 is 1.50 bits per heavy atom. The first-order valence-corrected chi connectivity index (χ1v) is 13.5. The van der Waals surface area contributed by atoms with Crippen molar-refractivity contribution in [2.45, 2.75) is 69.3 Å². The van der Waals surface area contributed by atoms with Crippen molar-refractivity contribution in [2.75, 3.05) is 13.1 Å². The lowest BCUT2D eigenvalue weighted by atomic mass is 9.48. The van der Waals surface area contributed by atoms with Crippen LogP contribution in [0.15, 0.2) is 35.2 Å². The molecule has 1 aromatic carbocycles. The Morgan fingerprint density at radius 3 is 2.03 bits per heavy atom. The van der Waals surface area contributed by atoms with E-state index in [2.05, 4.69) is 0 Å². The van der Waals surface area contributed by atoms with E-state index >= 15 is 0 Å². The van der Waals surface area contributed by atoms with Crippen LogP contribution in [0.1, 0.15) is 58.3 Å². The molecule has 1 saturated heterocycles. The molecule has 1 aromatic rings. The number of sulfonamides is 1. The molecule has 0 amide bonds. The van der Waals surface area contributed by atoms with Gasteiger partial charge in [0.05, 0.1) is 10.8 Å². The van der Waals surface area contributed by atoms with Gasteiger partial charge in [0, 0.05) is 18.5 Å². The van der Waals surface area contributed by atoms with Crippen molar-refractivity contribution in [1.82, 2.24) is 4.31 Å². The number of carbonyl (C=O) groups excluding carboxylic acids is 2. The summed E-state index contributed by atoms with van der Waals surface area (Å²) >= 11 is 0. The molecule has 5 aliphatic rings. The fourth-order valence-electron chi connectivity index (χ4n) is 7.24. The maximum absolute atomic E-state index is 13.4. The minimum Gasteiger partial charge on any atom is -0.454 e. The van der Waals surface area contributed by atoms with Gasteiger partial charge in [0.25, 0.3) is 0 Å². The van der Waals surface area contributed by atoms with E-state index in [-0.39, 0.29) is 41.1 Å². The van der Waals surface area contributed by atoms with Gasteiger partial charge in [-0.3, -0.25) is 9.59 Å². The number of benzene rings is 1. The summed E-state index contributed by atoms with van der Waals surface area (Å²) in [5.41, 5.74) is -0.276. The van der Waals surface area contributed by atoms with Gasteiger partial charge in [-0.05, 0) is 88.2 Å². The van der Waals surface area contributed by atoms with Crippen LogP contribution in [0, 0.1) is 29.1 Å². The molecule has 1 aliphatic heterocycles. The summed E-state index contributed by atoms with van der Waals surface area (Å²) in [5, 5.41) is 0. The van der Waals surface area contributed by atoms with Crippen molar-refractivity contribution in [1.29, 1.82) is 0 Å². The van der Waals surface area contributed by atoms with Crippen LogP contribution in [0.2, 0.25) is 0 Å². The van der Waals surface area contributed by atoms with Gasteiger partial charge in [0.1, 0.15) is 0 Å². The molecular formula is C25H33NO5S. The summed E-state index contributed by atoms with van der Waals surface area (Å²) in [6.07, 6.45) is 6.83. The number of carbonyl (C=O) groups is 2. The Hall–Kier alpha value is -1.73. The molecule has 1 heterocycles. The normalized spacial score (nSPS) is 33.7. The summed E-state index contributed by atoms with van der Waals surface area (Å²) in [4.78, 5) is 26.5. The van der Waals surface area contributed by atoms with Gasteiger partial charge in [-0.15, -0.1) is 0 Å². The molecule has 32 heavy (non-hydrogen) atoms. The molecule has 0 aromatic heterocycles. The second kappa shape index (κ2) is 8.24. The van der Waals surface area contributed by atoms with Gasteiger partial charge < -0.3 is 4.74 Å². The van der Waals surface area contributed by atoms with Crippen LogP contribution in [0.3, 0.4) is 0 Å². The Kier molecular flexibility index (Phi) is 5.69. The number of Topliss-reactive ketones (excluding diaryl/α,β-unsaturated/α-hetero) is 1. The molecule has 4 saturated carbocycles. The highest BCUT2D eigenvalue weighted by atomic mass is 32.2. The third kappa shape index (κ3) is 3.92. The highest BCUT2D eigenvalue weighted by Crippen LogP contribution is 2.60. The molecule has 6 nitrogen and oxygen atoms in total. The van der Waals surface area contributed by atoms with Crippen molar-refractivity contribution in [3.8, 4) is 0 Å². The molecule has 5 fully saturated rings. The number of hydrogen-bond acceptors (Lipinski definition) is 5. The standard InChI is InChI=1S/C25H33NO5S/c1-17(23(27)25-14-18-11-19(15-25)13-20(12-18)16-25)31-24(28)21-7-9-26(10-8-21)32(29,30)22-5-3-2-4-6-22/h2-6,17-21H,7-16H2,1H3/t17-,18?,19?,20?,25?/m1/s1. The third-order valence-electron chi connectivity index (χ3n) is 8.39. The van der Waals surface area contributed by atoms with Gasteiger partial charge >= 0.3 is 5.97 Å². The molecule has 0 unspecified atom stereocenters. The third-order valence-corrected chi connectivity index (χ3v) is 10.3. The predicted molar refractivity (Wildman–Crippen MR) is 119 cm³/mol. The summed E-state index contributed by atoms with van der Waals surface area (Å²) < 4.78 is 32.7. The molecule has 4 aliphatic carbocycles. The Labute approximate surface area is 190 Å². The molecular weight excluding hydrogens is 426 g/mol. The van der Waals surface area contributed by atoms with E-state index in [4.69, 9.17) is 4.74 Å². The first kappa shape index (κ1) is 22.1. The molecule has 4 bridgehead atoms. The van der Waals surface area contributed by atoms with Crippen molar-refractivity contribution >= 4 is 21.8 Å². The van der Waals surface area contributed by atoms with Crippen LogP contribution < -0.4 is 0 Å². The average molecular weight is 460 g/mol. The van der Waals surface area contributed by atoms with Crippen molar-refractivity contribution in [2.24, 2.45) is 29.1 Å². The van der Waals surface area contributed by atoms with Crippen LogP contribution in [0.5, 0.6) is 0 Å². The molecule has 0 spiro atoms. The minimum absolute atomic E-state index is 0.119. The van der Waals surface area contributed by atoms with Gasteiger partial charge in [-0.1, -0.05) is 18.2 Å². The van der Waals surface area contributed by atoms with Crippen LogP contribution >= 0.6 is 0 Å². The van der Waals surface area contributed by atoms with Crippen molar-refractivity contribution in [3.05, 3.63) is 30.3 Å². The smallest absolute Gasteiger partial charge is 0.309 e. The van der Waals surface area contributed by atoms with E-state index in [0.717, 1.165) is 19.3 Å². The number of rotatable bonds is 6. The maximum Gasteiger partial charge on any atom is 0.309 e. The number of ketones is 1. The van der Waals surface area contributed by atoms with Crippen molar-refractivity contribution in [3.63, 3.8) is 0 Å². The van der Waals surface area contributed by atoms with Gasteiger partial charge in [-0.2, -0.15) is 4.31 Å². The molecule has 1 atom stereocenters. The Morgan fingerprint density at radius 1 is 0.969 bits per heavy atom. The van der Waals surface area contributed by atoms with Crippen molar-refractivity contribution < 1.29 is 22.7 Å². The van der Waals surface area contributed by atoms with E-state index in [9.17, 15) is 18.0 Å². The summed E-state index contributed by atoms with van der Waals surface area (Å²) in [7, 11) is -3.55. The number of nitrogens with zero attached hydrogens (tertiary/aromatic N) is 1. The zero-order chi connectivity index (χ0) is 22.5. The molecule has 6 rings (SSSR count). The van der Waals surface area contributed by atoms with Crippen LogP contribution in [0.4, 0.5) is 0 Å². The Bertz CT molecular complexity index is 946. The summed E-state index contributed by atoms with van der Waals surface area (Å²) in [5.74, 6) is 1.42. The fourth-order valence-corrected chi connectivity index (χ4v) is 8.73. The highest BCUT2D eigenvalue weighted by Gasteiger charge is 2.55. The first-order valence-electron chi connectivity index (χ1n) is 12.1. The number of esters is 1. The highest BCUT2D eigenvalue weighted by molar-refractivity contribution is 7.89. The van der Waals surface area contributed by atoms with Crippen LogP contribution in [-0.2, 0) is 24.3 Å². The van der Waals surface area contributed by atoms with E-state index in [1.54, 1.807) is 37.3 Å². The van der Waals surface area contributed by atoms with E-state index in [1.165, 1.54) is 23.6 Å². The fraction of sp³-hybridized carbons (Fsp3) is 0.680. The summed E-state index contributed by atoms with van der Waals surface area (Å²) in [6.45, 7) is 2.30. The second-order valence-electron chi connectivity index (χ2n) is 10.6. The largest absolute Gasteiger partial charge is 0.454 e. The predicted octanol–water partition coefficient (Wildman–Crippen LogP) is 3.80. The van der Waals surface area contributed by atoms with Gasteiger partial charge in [0.2, 0.25) is 10.0 Å². The van der Waals surface area contributed by atoms with E-state index in [0.29, 0.717) is 30.6 Å². The zero-order valence-corrected chi connectivity index (χ0v) is 19.6. The first-order chi connectivity index (χ1) is 15.3. The van der Waals surface area contributed by atoms with Crippen LogP contribution in [0.25, 0.3) is 0 Å². The maximum atomic E-state index is 13.4. The number of hydrogen-bond donors (Lipinski definition) is 0. The number of piperidine rings is 1. The topological polar surface area (TPSA) is 80.8 Å². The second-order valence-corrected chi connectivity index (χ2v) is 12.6. The molecule has 174 valence electrons. The molecule has 7 heteroatoms. The lowest BCUT2D eigenvalue weighted by Gasteiger charge is -2.56. The van der Waals surface area contributed by atoms with Crippen LogP contribution in [-0.4, -0.2) is 43.7 Å². The summed E-state index contributed by atoms with van der Waals surface area (Å²) in [6, 6.07) is 8.38. The molecule has 0 radical (unpaired) electrons. The zero-order valence-electron chi connectivity index (χ0n) is 18.7. The quantitative estimate of drug-likeness (QED) is 0.605. The Balaban J connectivity index is 1.17. The lowest BCUT2D eigenvalue weighted by molar-refractivity contribution is -0.168. The SMILES string of the molecule is C[C@@H](OC(=O)C1CCN(S(=O)(=O)c2ccccc2)CC1)C(=O)C12CC3CC(CC(C3)C1)C2. The monoisotopic (exact) mass is 459 g/mol.